The van der Waals surface area contributed by atoms with E-state index in [1.807, 2.05) is 29.2 Å². The van der Waals surface area contributed by atoms with Crippen LogP contribution < -0.4 is 4.74 Å². The molecule has 146 valence electrons. The Morgan fingerprint density at radius 3 is 2.78 bits per heavy atom. The highest BCUT2D eigenvalue weighted by Crippen LogP contribution is 2.39. The number of sulfone groups is 1. The molecule has 7 nitrogen and oxygen atoms in total. The lowest BCUT2D eigenvalue weighted by atomic mass is 10.1. The predicted molar refractivity (Wildman–Crippen MR) is 104 cm³/mol. The SMILES string of the molecule is COc1ccc(CN2C(=NC(=O)[C@@H]3CCCO3)S[C@H]3CS(=O)(=O)C[C@H]32)cc1. The molecule has 3 aliphatic rings. The standard InChI is InChI=1S/C18H22N2O5S2/c1-24-13-6-4-12(5-7-13)9-20-14-10-27(22,23)11-16(14)26-18(20)19-17(21)15-3-2-8-25-15/h4-7,14-16H,2-3,8-11H2,1H3/t14-,15+,16+/m1/s1. The Hall–Kier alpha value is -1.58. The molecule has 1 amide bonds. The zero-order valence-electron chi connectivity index (χ0n) is 15.0. The monoisotopic (exact) mass is 410 g/mol. The smallest absolute Gasteiger partial charge is 0.277 e. The normalized spacial score (nSPS) is 30.6. The molecule has 4 rings (SSSR count). The second-order valence-electron chi connectivity index (χ2n) is 7.01. The fourth-order valence-corrected chi connectivity index (χ4v) is 7.64. The van der Waals surface area contributed by atoms with Crippen LogP contribution in [0.1, 0.15) is 18.4 Å². The first-order chi connectivity index (χ1) is 12.9. The lowest BCUT2D eigenvalue weighted by molar-refractivity contribution is -0.126. The predicted octanol–water partition coefficient (Wildman–Crippen LogP) is 1.47. The molecule has 0 N–H and O–H groups in total. The third-order valence-corrected chi connectivity index (χ3v) is 8.35. The molecule has 3 atom stereocenters. The fourth-order valence-electron chi connectivity index (χ4n) is 3.69. The van der Waals surface area contributed by atoms with Crippen LogP contribution in [0.5, 0.6) is 5.75 Å². The first-order valence-corrected chi connectivity index (χ1v) is 11.7. The topological polar surface area (TPSA) is 85.3 Å². The summed E-state index contributed by atoms with van der Waals surface area (Å²) in [4.78, 5) is 18.7. The van der Waals surface area contributed by atoms with Crippen LogP contribution in [0.2, 0.25) is 0 Å². The van der Waals surface area contributed by atoms with E-state index in [0.717, 1.165) is 17.7 Å². The number of carbonyl (C=O) groups is 1. The van der Waals surface area contributed by atoms with Crippen LogP contribution in [-0.4, -0.2) is 67.0 Å². The van der Waals surface area contributed by atoms with E-state index in [9.17, 15) is 13.2 Å². The van der Waals surface area contributed by atoms with E-state index in [1.54, 1.807) is 7.11 Å². The molecule has 0 bridgehead atoms. The van der Waals surface area contributed by atoms with Crippen LogP contribution >= 0.6 is 11.8 Å². The van der Waals surface area contributed by atoms with Crippen molar-refractivity contribution >= 4 is 32.7 Å². The zero-order valence-corrected chi connectivity index (χ0v) is 16.7. The average Bonchev–Trinajstić information content (AvgIpc) is 3.33. The van der Waals surface area contributed by atoms with Crippen LogP contribution in [-0.2, 0) is 25.9 Å². The Morgan fingerprint density at radius 2 is 2.11 bits per heavy atom. The number of rotatable bonds is 4. The van der Waals surface area contributed by atoms with Crippen LogP contribution in [0.3, 0.4) is 0 Å². The van der Waals surface area contributed by atoms with E-state index in [2.05, 4.69) is 4.99 Å². The molecule has 0 saturated carbocycles. The second kappa shape index (κ2) is 7.44. The third-order valence-electron chi connectivity index (χ3n) is 5.10. The number of amidine groups is 1. The third kappa shape index (κ3) is 4.00. The quantitative estimate of drug-likeness (QED) is 0.743. The van der Waals surface area contributed by atoms with Crippen LogP contribution in [0.15, 0.2) is 29.3 Å². The molecule has 1 aromatic rings. The molecule has 3 heterocycles. The number of amides is 1. The van der Waals surface area contributed by atoms with Gasteiger partial charge in [0.25, 0.3) is 5.91 Å². The van der Waals surface area contributed by atoms with Gasteiger partial charge in [0.1, 0.15) is 11.9 Å². The molecule has 3 saturated heterocycles. The van der Waals surface area contributed by atoms with Crippen molar-refractivity contribution in [2.45, 2.75) is 36.8 Å². The Morgan fingerprint density at radius 1 is 1.33 bits per heavy atom. The maximum atomic E-state index is 12.4. The van der Waals surface area contributed by atoms with Crippen molar-refractivity contribution in [3.8, 4) is 5.75 Å². The Balaban J connectivity index is 1.58. The van der Waals surface area contributed by atoms with Gasteiger partial charge >= 0.3 is 0 Å². The van der Waals surface area contributed by atoms with Gasteiger partial charge in [-0.05, 0) is 30.5 Å². The van der Waals surface area contributed by atoms with Crippen molar-refractivity contribution in [2.24, 2.45) is 4.99 Å². The lowest BCUT2D eigenvalue weighted by Crippen LogP contribution is -2.37. The number of fused-ring (bicyclic) bond motifs is 1. The minimum absolute atomic E-state index is 0.0794. The first-order valence-electron chi connectivity index (χ1n) is 8.96. The number of ether oxygens (including phenoxy) is 2. The molecule has 0 unspecified atom stereocenters. The highest BCUT2D eigenvalue weighted by molar-refractivity contribution is 8.15. The fraction of sp³-hybridized carbons (Fsp3) is 0.556. The summed E-state index contributed by atoms with van der Waals surface area (Å²) >= 11 is 1.40. The van der Waals surface area contributed by atoms with E-state index in [0.29, 0.717) is 24.7 Å². The van der Waals surface area contributed by atoms with Crippen molar-refractivity contribution in [1.29, 1.82) is 0 Å². The number of hydrogen-bond acceptors (Lipinski definition) is 6. The number of benzene rings is 1. The minimum Gasteiger partial charge on any atom is -0.497 e. The Kier molecular flexibility index (Phi) is 5.17. The Labute approximate surface area is 163 Å². The Bertz CT molecular complexity index is 847. The zero-order chi connectivity index (χ0) is 19.0. The summed E-state index contributed by atoms with van der Waals surface area (Å²) in [6, 6.07) is 7.48. The maximum absolute atomic E-state index is 12.4. The molecular formula is C18H22N2O5S2. The maximum Gasteiger partial charge on any atom is 0.277 e. The highest BCUT2D eigenvalue weighted by Gasteiger charge is 2.48. The van der Waals surface area contributed by atoms with E-state index in [1.165, 1.54) is 11.8 Å². The van der Waals surface area contributed by atoms with Gasteiger partial charge in [0, 0.05) is 18.4 Å². The second-order valence-corrected chi connectivity index (χ2v) is 10.4. The van der Waals surface area contributed by atoms with Crippen LogP contribution in [0, 0.1) is 0 Å². The molecule has 0 aromatic heterocycles. The molecule has 0 aliphatic carbocycles. The summed E-state index contributed by atoms with van der Waals surface area (Å²) in [6.45, 7) is 1.10. The molecule has 27 heavy (non-hydrogen) atoms. The molecular weight excluding hydrogens is 388 g/mol. The van der Waals surface area contributed by atoms with Gasteiger partial charge in [-0.1, -0.05) is 23.9 Å². The van der Waals surface area contributed by atoms with Gasteiger partial charge in [-0.3, -0.25) is 4.79 Å². The molecule has 3 fully saturated rings. The number of thioether (sulfide) groups is 1. The van der Waals surface area contributed by atoms with Gasteiger partial charge in [0.15, 0.2) is 15.0 Å². The first kappa shape index (κ1) is 18.8. The van der Waals surface area contributed by atoms with Gasteiger partial charge in [-0.15, -0.1) is 0 Å². The molecule has 3 aliphatic heterocycles. The van der Waals surface area contributed by atoms with Gasteiger partial charge in [-0.25, -0.2) is 8.42 Å². The highest BCUT2D eigenvalue weighted by atomic mass is 32.2. The van der Waals surface area contributed by atoms with E-state index in [4.69, 9.17) is 9.47 Å². The van der Waals surface area contributed by atoms with E-state index < -0.39 is 15.9 Å². The van der Waals surface area contributed by atoms with Gasteiger partial charge in [0.05, 0.1) is 24.7 Å². The van der Waals surface area contributed by atoms with Gasteiger partial charge in [0.2, 0.25) is 0 Å². The number of methoxy groups -OCH3 is 1. The van der Waals surface area contributed by atoms with Crippen molar-refractivity contribution in [3.05, 3.63) is 29.8 Å². The van der Waals surface area contributed by atoms with Crippen molar-refractivity contribution < 1.29 is 22.7 Å². The molecule has 0 radical (unpaired) electrons. The summed E-state index contributed by atoms with van der Waals surface area (Å²) in [5.41, 5.74) is 1.01. The number of nitrogens with zero attached hydrogens (tertiary/aromatic N) is 2. The van der Waals surface area contributed by atoms with Crippen molar-refractivity contribution in [1.82, 2.24) is 4.90 Å². The van der Waals surface area contributed by atoms with Crippen LogP contribution in [0.25, 0.3) is 0 Å². The lowest BCUT2D eigenvalue weighted by Gasteiger charge is -2.24. The van der Waals surface area contributed by atoms with E-state index >= 15 is 0 Å². The molecule has 1 aromatic carbocycles. The van der Waals surface area contributed by atoms with Crippen LogP contribution in [0.4, 0.5) is 0 Å². The van der Waals surface area contributed by atoms with Crippen molar-refractivity contribution in [3.63, 3.8) is 0 Å². The number of aliphatic imine (C=N–C) groups is 1. The van der Waals surface area contributed by atoms with E-state index in [-0.39, 0.29) is 28.7 Å². The molecule has 9 heteroatoms. The largest absolute Gasteiger partial charge is 0.497 e. The molecule has 0 spiro atoms. The summed E-state index contributed by atoms with van der Waals surface area (Å²) in [5, 5.41) is 0.528. The average molecular weight is 411 g/mol. The summed E-state index contributed by atoms with van der Waals surface area (Å²) in [5.74, 6) is 0.735. The summed E-state index contributed by atoms with van der Waals surface area (Å²) in [7, 11) is -1.44. The number of hydrogen-bond donors (Lipinski definition) is 0. The van der Waals surface area contributed by atoms with Gasteiger partial charge in [-0.2, -0.15) is 4.99 Å². The minimum atomic E-state index is -3.06. The van der Waals surface area contributed by atoms with Gasteiger partial charge < -0.3 is 14.4 Å². The van der Waals surface area contributed by atoms with Crippen molar-refractivity contribution in [2.75, 3.05) is 25.2 Å². The number of carbonyl (C=O) groups excluding carboxylic acids is 1. The summed E-state index contributed by atoms with van der Waals surface area (Å²) in [6.07, 6.45) is 1.10. The summed E-state index contributed by atoms with van der Waals surface area (Å²) < 4.78 is 34.8.